The molecule has 1 saturated heterocycles. The van der Waals surface area contributed by atoms with Crippen molar-refractivity contribution in [3.8, 4) is 0 Å². The van der Waals surface area contributed by atoms with E-state index < -0.39 is 29.4 Å². The maximum Gasteiger partial charge on any atom is 0.410 e. The largest absolute Gasteiger partial charge is 0.479 e. The first kappa shape index (κ1) is 16.7. The van der Waals surface area contributed by atoms with E-state index in [9.17, 15) is 14.7 Å². The highest BCUT2D eigenvalue weighted by Gasteiger charge is 2.35. The van der Waals surface area contributed by atoms with E-state index >= 15 is 0 Å². The van der Waals surface area contributed by atoms with Crippen molar-refractivity contribution < 1.29 is 29.3 Å². The summed E-state index contributed by atoms with van der Waals surface area (Å²) in [5.74, 6) is -1.14. The molecule has 0 bridgehead atoms. The molecule has 1 aliphatic heterocycles. The summed E-state index contributed by atoms with van der Waals surface area (Å²) in [7, 11) is 0. The molecule has 1 rings (SSSR count). The van der Waals surface area contributed by atoms with Crippen molar-refractivity contribution in [1.82, 2.24) is 4.90 Å². The van der Waals surface area contributed by atoms with Gasteiger partial charge in [-0.2, -0.15) is 0 Å². The molecule has 0 spiro atoms. The topological polar surface area (TPSA) is 96.3 Å². The Morgan fingerprint density at radius 3 is 2.50 bits per heavy atom. The zero-order valence-corrected chi connectivity index (χ0v) is 12.4. The van der Waals surface area contributed by atoms with E-state index in [1.54, 1.807) is 27.7 Å². The molecule has 0 aromatic heterocycles. The van der Waals surface area contributed by atoms with E-state index in [1.165, 1.54) is 4.90 Å². The predicted molar refractivity (Wildman–Crippen MR) is 70.4 cm³/mol. The first-order valence-corrected chi connectivity index (χ1v) is 6.55. The number of nitrogens with zero attached hydrogens (tertiary/aromatic N) is 1. The summed E-state index contributed by atoms with van der Waals surface area (Å²) < 4.78 is 10.4. The van der Waals surface area contributed by atoms with Gasteiger partial charge in [0.1, 0.15) is 5.60 Å². The van der Waals surface area contributed by atoms with Crippen LogP contribution in [0.15, 0.2) is 0 Å². The monoisotopic (exact) mass is 289 g/mol. The average Bonchev–Trinajstić information content (AvgIpc) is 2.20. The highest BCUT2D eigenvalue weighted by atomic mass is 16.6. The van der Waals surface area contributed by atoms with Crippen LogP contribution in [-0.2, 0) is 14.3 Å². The molecule has 0 radical (unpaired) electrons. The van der Waals surface area contributed by atoms with Crippen LogP contribution in [0.5, 0.6) is 0 Å². The Kier molecular flexibility index (Phi) is 4.99. The molecule has 2 atom stereocenters. The second-order valence-corrected chi connectivity index (χ2v) is 6.31. The summed E-state index contributed by atoms with van der Waals surface area (Å²) in [6.07, 6.45) is -1.52. The number of carboxylic acids is 1. The summed E-state index contributed by atoms with van der Waals surface area (Å²) in [6.45, 7) is 6.73. The summed E-state index contributed by atoms with van der Waals surface area (Å²) in [5.41, 5.74) is -1.83. The number of carboxylic acid groups (broad SMARTS) is 1. The van der Waals surface area contributed by atoms with Crippen molar-refractivity contribution in [2.45, 2.75) is 51.4 Å². The number of carbonyl (C=O) groups excluding carboxylic acids is 1. The number of hydrogen-bond acceptors (Lipinski definition) is 5. The van der Waals surface area contributed by atoms with Gasteiger partial charge in [0.15, 0.2) is 6.10 Å². The SMILES string of the molecule is CC1(O)CCO[C@H](C(=O)O)CN(C(=O)OC(C)(C)C)C1. The fourth-order valence-corrected chi connectivity index (χ4v) is 1.84. The predicted octanol–water partition coefficient (Wildman–Crippen LogP) is 0.848. The van der Waals surface area contributed by atoms with Crippen LogP contribution in [0.25, 0.3) is 0 Å². The van der Waals surface area contributed by atoms with Crippen molar-refractivity contribution in [2.24, 2.45) is 0 Å². The zero-order valence-electron chi connectivity index (χ0n) is 12.4. The van der Waals surface area contributed by atoms with Gasteiger partial charge in [0.05, 0.1) is 25.3 Å². The lowest BCUT2D eigenvalue weighted by Crippen LogP contribution is -2.52. The average molecular weight is 289 g/mol. The van der Waals surface area contributed by atoms with Gasteiger partial charge in [-0.05, 0) is 27.7 Å². The van der Waals surface area contributed by atoms with E-state index in [1.807, 2.05) is 0 Å². The van der Waals surface area contributed by atoms with Crippen LogP contribution in [-0.4, -0.2) is 64.2 Å². The van der Waals surface area contributed by atoms with E-state index in [0.717, 1.165) is 0 Å². The van der Waals surface area contributed by atoms with Gasteiger partial charge in [-0.3, -0.25) is 0 Å². The molecular weight excluding hydrogens is 266 g/mol. The number of β-amino-alcohol motifs (C(OH)–C–C–N with tert-alkyl or cyclic N) is 1. The Morgan fingerprint density at radius 1 is 1.40 bits per heavy atom. The molecule has 1 amide bonds. The maximum absolute atomic E-state index is 12.1. The first-order valence-electron chi connectivity index (χ1n) is 6.55. The molecule has 20 heavy (non-hydrogen) atoms. The van der Waals surface area contributed by atoms with E-state index in [2.05, 4.69) is 0 Å². The molecule has 0 saturated carbocycles. The molecule has 2 N–H and O–H groups in total. The molecule has 1 heterocycles. The standard InChI is InChI=1S/C13H23NO6/c1-12(2,3)20-11(17)14-7-9(10(15)16)19-6-5-13(4,18)8-14/h9,18H,5-8H2,1-4H3,(H,15,16)/t9-,13?/m0/s1. The van der Waals surface area contributed by atoms with Gasteiger partial charge >= 0.3 is 12.1 Å². The van der Waals surface area contributed by atoms with E-state index in [0.29, 0.717) is 0 Å². The lowest BCUT2D eigenvalue weighted by atomic mass is 10.0. The summed E-state index contributed by atoms with van der Waals surface area (Å²) in [6, 6.07) is 0. The van der Waals surface area contributed by atoms with Crippen molar-refractivity contribution in [3.63, 3.8) is 0 Å². The normalized spacial score (nSPS) is 28.4. The Balaban J connectivity index is 2.85. The molecule has 1 unspecified atom stereocenters. The zero-order chi connectivity index (χ0) is 15.6. The number of carbonyl (C=O) groups is 2. The minimum absolute atomic E-state index is 0.00898. The van der Waals surface area contributed by atoms with Crippen molar-refractivity contribution in [3.05, 3.63) is 0 Å². The molecule has 7 heteroatoms. The first-order chi connectivity index (χ1) is 9.00. The lowest BCUT2D eigenvalue weighted by Gasteiger charge is -2.36. The fourth-order valence-electron chi connectivity index (χ4n) is 1.84. The van der Waals surface area contributed by atoms with Crippen LogP contribution in [0.1, 0.15) is 34.1 Å². The molecule has 1 fully saturated rings. The fraction of sp³-hybridized carbons (Fsp3) is 0.846. The smallest absolute Gasteiger partial charge is 0.410 e. The molecular formula is C13H23NO6. The molecule has 0 aliphatic carbocycles. The highest BCUT2D eigenvalue weighted by Crippen LogP contribution is 2.19. The van der Waals surface area contributed by atoms with Crippen LogP contribution in [0.3, 0.4) is 0 Å². The van der Waals surface area contributed by atoms with Crippen LogP contribution in [0.2, 0.25) is 0 Å². The van der Waals surface area contributed by atoms with Gasteiger partial charge in [0.2, 0.25) is 0 Å². The second kappa shape index (κ2) is 5.97. The number of aliphatic carboxylic acids is 1. The third-order valence-electron chi connectivity index (χ3n) is 2.80. The van der Waals surface area contributed by atoms with Crippen LogP contribution in [0.4, 0.5) is 4.79 Å². The van der Waals surface area contributed by atoms with Crippen LogP contribution < -0.4 is 0 Å². The molecule has 7 nitrogen and oxygen atoms in total. The Bertz CT molecular complexity index is 374. The van der Waals surface area contributed by atoms with Gasteiger partial charge in [0.25, 0.3) is 0 Å². The molecule has 1 aliphatic rings. The van der Waals surface area contributed by atoms with Crippen LogP contribution in [0, 0.1) is 0 Å². The lowest BCUT2D eigenvalue weighted by molar-refractivity contribution is -0.155. The Hall–Kier alpha value is -1.34. The molecule has 0 aromatic carbocycles. The van der Waals surface area contributed by atoms with E-state index in [-0.39, 0.29) is 26.1 Å². The van der Waals surface area contributed by atoms with Crippen LogP contribution >= 0.6 is 0 Å². The quantitative estimate of drug-likeness (QED) is 0.743. The summed E-state index contributed by atoms with van der Waals surface area (Å²) >= 11 is 0. The number of ether oxygens (including phenoxy) is 2. The third-order valence-corrected chi connectivity index (χ3v) is 2.80. The summed E-state index contributed by atoms with van der Waals surface area (Å²) in [5, 5.41) is 19.2. The van der Waals surface area contributed by atoms with Gasteiger partial charge in [0, 0.05) is 6.42 Å². The number of aliphatic hydroxyl groups is 1. The second-order valence-electron chi connectivity index (χ2n) is 6.31. The minimum atomic E-state index is -1.14. The van der Waals surface area contributed by atoms with E-state index in [4.69, 9.17) is 14.6 Å². The van der Waals surface area contributed by atoms with Crippen molar-refractivity contribution in [1.29, 1.82) is 0 Å². The summed E-state index contributed by atoms with van der Waals surface area (Å²) in [4.78, 5) is 24.3. The van der Waals surface area contributed by atoms with Gasteiger partial charge in [-0.25, -0.2) is 9.59 Å². The van der Waals surface area contributed by atoms with Crippen molar-refractivity contribution in [2.75, 3.05) is 19.7 Å². The van der Waals surface area contributed by atoms with Crippen molar-refractivity contribution >= 4 is 12.1 Å². The molecule has 116 valence electrons. The number of amides is 1. The van der Waals surface area contributed by atoms with Gasteiger partial charge in [-0.15, -0.1) is 0 Å². The maximum atomic E-state index is 12.1. The third kappa shape index (κ3) is 5.34. The highest BCUT2D eigenvalue weighted by molar-refractivity contribution is 5.74. The Morgan fingerprint density at radius 2 is 2.00 bits per heavy atom. The number of hydrogen-bond donors (Lipinski definition) is 2. The van der Waals surface area contributed by atoms with Gasteiger partial charge < -0.3 is 24.6 Å². The Labute approximate surface area is 118 Å². The minimum Gasteiger partial charge on any atom is -0.479 e. The number of rotatable bonds is 1. The van der Waals surface area contributed by atoms with Gasteiger partial charge in [-0.1, -0.05) is 0 Å². The molecule has 0 aromatic rings.